The number of amides is 2. The molecular formula is C20H25N3O4. The molecule has 1 fully saturated rings. The average Bonchev–Trinajstić information content (AvgIpc) is 3.27. The summed E-state index contributed by atoms with van der Waals surface area (Å²) in [4.78, 5) is 26.5. The Morgan fingerprint density at radius 2 is 2.19 bits per heavy atom. The lowest BCUT2D eigenvalue weighted by molar-refractivity contribution is -0.129. The molecule has 2 amide bonds. The quantitative estimate of drug-likeness (QED) is 0.808. The average molecular weight is 371 g/mol. The van der Waals surface area contributed by atoms with Crippen LogP contribution < -0.4 is 10.1 Å². The number of likely N-dealkylation sites (tertiary alicyclic amines) is 1. The van der Waals surface area contributed by atoms with Gasteiger partial charge in [-0.3, -0.25) is 9.59 Å². The second-order valence-electron chi connectivity index (χ2n) is 7.08. The van der Waals surface area contributed by atoms with Crippen molar-refractivity contribution in [3.05, 3.63) is 47.3 Å². The molecule has 0 aliphatic carbocycles. The molecule has 27 heavy (non-hydrogen) atoms. The summed E-state index contributed by atoms with van der Waals surface area (Å²) in [7, 11) is 1.61. The molecule has 2 aromatic rings. The van der Waals surface area contributed by atoms with Crippen LogP contribution in [0.5, 0.6) is 5.75 Å². The Balaban J connectivity index is 1.55. The van der Waals surface area contributed by atoms with E-state index in [1.165, 1.54) is 0 Å². The third kappa shape index (κ3) is 4.48. The lowest BCUT2D eigenvalue weighted by Gasteiger charge is -2.18. The van der Waals surface area contributed by atoms with Gasteiger partial charge < -0.3 is 19.5 Å². The maximum atomic E-state index is 12.4. The SMILES string of the molecule is COc1ccccc1CN1CC(C(=O)NCc2cc(C(C)C)no2)CC1=O. The molecule has 1 saturated heterocycles. The highest BCUT2D eigenvalue weighted by Gasteiger charge is 2.34. The predicted molar refractivity (Wildman–Crippen MR) is 99.0 cm³/mol. The molecular weight excluding hydrogens is 346 g/mol. The van der Waals surface area contributed by atoms with E-state index in [1.54, 1.807) is 12.0 Å². The highest BCUT2D eigenvalue weighted by molar-refractivity contribution is 5.89. The Kier molecular flexibility index (Phi) is 5.78. The maximum Gasteiger partial charge on any atom is 0.225 e. The highest BCUT2D eigenvalue weighted by atomic mass is 16.5. The fourth-order valence-corrected chi connectivity index (χ4v) is 3.14. The van der Waals surface area contributed by atoms with Crippen molar-refractivity contribution in [3.8, 4) is 5.75 Å². The van der Waals surface area contributed by atoms with Crippen LogP contribution in [-0.2, 0) is 22.7 Å². The predicted octanol–water partition coefficient (Wildman–Crippen LogP) is 2.47. The van der Waals surface area contributed by atoms with E-state index in [1.807, 2.05) is 44.2 Å². The molecule has 7 nitrogen and oxygen atoms in total. The number of hydrogen-bond donors (Lipinski definition) is 1. The Labute approximate surface area is 158 Å². The van der Waals surface area contributed by atoms with Gasteiger partial charge in [0.25, 0.3) is 0 Å². The zero-order valence-electron chi connectivity index (χ0n) is 15.9. The minimum Gasteiger partial charge on any atom is -0.496 e. The van der Waals surface area contributed by atoms with Crippen LogP contribution in [0.1, 0.15) is 43.2 Å². The molecule has 0 radical (unpaired) electrons. The van der Waals surface area contributed by atoms with Gasteiger partial charge in [-0.1, -0.05) is 37.2 Å². The van der Waals surface area contributed by atoms with Gasteiger partial charge in [-0.25, -0.2) is 0 Å². The zero-order chi connectivity index (χ0) is 19.4. The van der Waals surface area contributed by atoms with E-state index in [9.17, 15) is 9.59 Å². The van der Waals surface area contributed by atoms with Gasteiger partial charge in [0, 0.05) is 31.1 Å². The summed E-state index contributed by atoms with van der Waals surface area (Å²) in [6.45, 7) is 5.17. The lowest BCUT2D eigenvalue weighted by atomic mass is 10.1. The molecule has 0 bridgehead atoms. The number of nitrogens with one attached hydrogen (secondary N) is 1. The van der Waals surface area contributed by atoms with Crippen molar-refractivity contribution in [2.24, 2.45) is 5.92 Å². The van der Waals surface area contributed by atoms with Crippen LogP contribution in [0.15, 0.2) is 34.9 Å². The third-order valence-electron chi connectivity index (χ3n) is 4.74. The number of ether oxygens (including phenoxy) is 1. The second kappa shape index (κ2) is 8.24. The molecule has 1 atom stereocenters. The molecule has 1 N–H and O–H groups in total. The van der Waals surface area contributed by atoms with Gasteiger partial charge in [0.1, 0.15) is 5.75 Å². The summed E-state index contributed by atoms with van der Waals surface area (Å²) in [5.74, 6) is 1.09. The second-order valence-corrected chi connectivity index (χ2v) is 7.08. The molecule has 1 aromatic heterocycles. The Morgan fingerprint density at radius 1 is 1.41 bits per heavy atom. The summed E-state index contributed by atoms with van der Waals surface area (Å²) in [5.41, 5.74) is 1.79. The number of carbonyl (C=O) groups is 2. The Hall–Kier alpha value is -2.83. The number of benzene rings is 1. The van der Waals surface area contributed by atoms with E-state index in [-0.39, 0.29) is 36.6 Å². The van der Waals surface area contributed by atoms with Crippen LogP contribution >= 0.6 is 0 Å². The molecule has 1 unspecified atom stereocenters. The van der Waals surface area contributed by atoms with E-state index < -0.39 is 0 Å². The van der Waals surface area contributed by atoms with Gasteiger partial charge in [0.2, 0.25) is 11.8 Å². The van der Waals surface area contributed by atoms with E-state index in [2.05, 4.69) is 10.5 Å². The number of aromatic nitrogens is 1. The van der Waals surface area contributed by atoms with E-state index in [0.29, 0.717) is 18.8 Å². The summed E-state index contributed by atoms with van der Waals surface area (Å²) in [6, 6.07) is 9.43. The van der Waals surface area contributed by atoms with Crippen molar-refractivity contribution in [2.75, 3.05) is 13.7 Å². The third-order valence-corrected chi connectivity index (χ3v) is 4.74. The summed E-state index contributed by atoms with van der Waals surface area (Å²) < 4.78 is 10.6. The zero-order valence-corrected chi connectivity index (χ0v) is 15.9. The van der Waals surface area contributed by atoms with E-state index in [0.717, 1.165) is 17.0 Å². The van der Waals surface area contributed by atoms with Crippen LogP contribution in [0.4, 0.5) is 0 Å². The van der Waals surface area contributed by atoms with Crippen LogP contribution in [0, 0.1) is 5.92 Å². The van der Waals surface area contributed by atoms with Gasteiger partial charge >= 0.3 is 0 Å². The van der Waals surface area contributed by atoms with Crippen molar-refractivity contribution in [1.29, 1.82) is 0 Å². The van der Waals surface area contributed by atoms with Gasteiger partial charge in [0.05, 0.1) is 25.3 Å². The minimum atomic E-state index is -0.361. The normalized spacial score (nSPS) is 16.8. The summed E-state index contributed by atoms with van der Waals surface area (Å²) in [6.07, 6.45) is 0.217. The molecule has 144 valence electrons. The smallest absolute Gasteiger partial charge is 0.225 e. The molecule has 0 saturated carbocycles. The number of carbonyl (C=O) groups excluding carboxylic acids is 2. The molecule has 1 aromatic carbocycles. The van der Waals surface area contributed by atoms with E-state index in [4.69, 9.17) is 9.26 Å². The fraction of sp³-hybridized carbons (Fsp3) is 0.450. The van der Waals surface area contributed by atoms with Gasteiger partial charge in [-0.2, -0.15) is 0 Å². The molecule has 3 rings (SSSR count). The fourth-order valence-electron chi connectivity index (χ4n) is 3.14. The number of para-hydroxylation sites is 1. The van der Waals surface area contributed by atoms with Crippen LogP contribution in [-0.4, -0.2) is 35.5 Å². The molecule has 0 spiro atoms. The number of methoxy groups -OCH3 is 1. The van der Waals surface area contributed by atoms with Crippen molar-refractivity contribution in [2.45, 2.75) is 39.3 Å². The lowest BCUT2D eigenvalue weighted by Crippen LogP contribution is -2.32. The summed E-state index contributed by atoms with van der Waals surface area (Å²) in [5, 5.41) is 6.82. The van der Waals surface area contributed by atoms with Crippen LogP contribution in [0.3, 0.4) is 0 Å². The first-order chi connectivity index (χ1) is 13.0. The van der Waals surface area contributed by atoms with Crippen molar-refractivity contribution in [1.82, 2.24) is 15.4 Å². The number of rotatable bonds is 7. The van der Waals surface area contributed by atoms with Gasteiger partial charge in [-0.05, 0) is 12.0 Å². The number of nitrogens with zero attached hydrogens (tertiary/aromatic N) is 2. The monoisotopic (exact) mass is 371 g/mol. The minimum absolute atomic E-state index is 0.0252. The van der Waals surface area contributed by atoms with Crippen molar-refractivity contribution in [3.63, 3.8) is 0 Å². The highest BCUT2D eigenvalue weighted by Crippen LogP contribution is 2.25. The Morgan fingerprint density at radius 3 is 2.89 bits per heavy atom. The van der Waals surface area contributed by atoms with Gasteiger partial charge in [0.15, 0.2) is 5.76 Å². The van der Waals surface area contributed by atoms with Crippen LogP contribution in [0.25, 0.3) is 0 Å². The molecule has 1 aliphatic rings. The van der Waals surface area contributed by atoms with E-state index >= 15 is 0 Å². The van der Waals surface area contributed by atoms with Gasteiger partial charge in [-0.15, -0.1) is 0 Å². The molecule has 7 heteroatoms. The molecule has 2 heterocycles. The first-order valence-corrected chi connectivity index (χ1v) is 9.10. The molecule has 1 aliphatic heterocycles. The topological polar surface area (TPSA) is 84.7 Å². The van der Waals surface area contributed by atoms with Crippen molar-refractivity contribution < 1.29 is 18.8 Å². The first kappa shape index (κ1) is 18.9. The standard InChI is InChI=1S/C20H25N3O4/c1-13(2)17-9-16(27-22-17)10-21-20(25)15-8-19(24)23(12-15)11-14-6-4-5-7-18(14)26-3/h4-7,9,13,15H,8,10-12H2,1-3H3,(H,21,25). The van der Waals surface area contributed by atoms with Crippen molar-refractivity contribution >= 4 is 11.8 Å². The van der Waals surface area contributed by atoms with Crippen LogP contribution in [0.2, 0.25) is 0 Å². The largest absolute Gasteiger partial charge is 0.496 e. The number of hydrogen-bond acceptors (Lipinski definition) is 5. The summed E-state index contributed by atoms with van der Waals surface area (Å²) >= 11 is 0. The first-order valence-electron chi connectivity index (χ1n) is 9.10. The maximum absolute atomic E-state index is 12.4. The Bertz CT molecular complexity index is 815.